The van der Waals surface area contributed by atoms with Crippen LogP contribution in [0, 0.1) is 13.8 Å². The molecular formula is C10H13BrO2. The lowest BCUT2D eigenvalue weighted by Crippen LogP contribution is -2.04. The average molecular weight is 245 g/mol. The Balaban J connectivity index is 2.96. The average Bonchev–Trinajstić information content (AvgIpc) is 2.12. The highest BCUT2D eigenvalue weighted by Gasteiger charge is 2.06. The van der Waals surface area contributed by atoms with E-state index < -0.39 is 0 Å². The van der Waals surface area contributed by atoms with Gasteiger partial charge in [0.2, 0.25) is 0 Å². The third-order valence-electron chi connectivity index (χ3n) is 1.87. The first-order valence-corrected chi connectivity index (χ1v) is 4.95. The second kappa shape index (κ2) is 4.63. The van der Waals surface area contributed by atoms with E-state index in [0.29, 0.717) is 6.61 Å². The molecule has 1 rings (SSSR count). The van der Waals surface area contributed by atoms with Crippen molar-refractivity contribution < 1.29 is 9.84 Å². The van der Waals surface area contributed by atoms with Crippen molar-refractivity contribution in [3.8, 4) is 5.75 Å². The molecule has 0 aliphatic carbocycles. The Morgan fingerprint density at radius 3 is 2.69 bits per heavy atom. The predicted molar refractivity (Wildman–Crippen MR) is 56.2 cm³/mol. The van der Waals surface area contributed by atoms with Gasteiger partial charge in [-0.05, 0) is 25.5 Å². The molecule has 13 heavy (non-hydrogen) atoms. The Hall–Kier alpha value is -0.540. The van der Waals surface area contributed by atoms with Crippen LogP contribution in [-0.4, -0.2) is 18.3 Å². The Bertz CT molecular complexity index is 297. The highest BCUT2D eigenvalue weighted by atomic mass is 79.9. The van der Waals surface area contributed by atoms with Crippen LogP contribution < -0.4 is 4.74 Å². The van der Waals surface area contributed by atoms with Crippen molar-refractivity contribution in [3.05, 3.63) is 27.7 Å². The molecule has 0 saturated carbocycles. The maximum atomic E-state index is 8.64. The lowest BCUT2D eigenvalue weighted by Gasteiger charge is -2.11. The first kappa shape index (κ1) is 10.5. The molecule has 0 bridgehead atoms. The maximum absolute atomic E-state index is 8.64. The van der Waals surface area contributed by atoms with Gasteiger partial charge in [-0.1, -0.05) is 22.0 Å². The third-order valence-corrected chi connectivity index (χ3v) is 2.73. The number of hydrogen-bond donors (Lipinski definition) is 1. The van der Waals surface area contributed by atoms with Crippen LogP contribution in [0.25, 0.3) is 0 Å². The Kier molecular flexibility index (Phi) is 3.75. The molecule has 0 saturated heterocycles. The smallest absolute Gasteiger partial charge is 0.126 e. The van der Waals surface area contributed by atoms with E-state index in [9.17, 15) is 0 Å². The molecule has 1 aromatic rings. The van der Waals surface area contributed by atoms with Crippen molar-refractivity contribution >= 4 is 15.9 Å². The van der Waals surface area contributed by atoms with Gasteiger partial charge in [0.15, 0.2) is 0 Å². The van der Waals surface area contributed by atoms with Crippen LogP contribution in [0.2, 0.25) is 0 Å². The summed E-state index contributed by atoms with van der Waals surface area (Å²) in [4.78, 5) is 0. The summed E-state index contributed by atoms with van der Waals surface area (Å²) >= 11 is 3.43. The minimum absolute atomic E-state index is 0.0470. The zero-order valence-corrected chi connectivity index (χ0v) is 9.39. The summed E-state index contributed by atoms with van der Waals surface area (Å²) in [5.41, 5.74) is 2.17. The summed E-state index contributed by atoms with van der Waals surface area (Å²) in [6.45, 7) is 4.37. The van der Waals surface area contributed by atoms with Gasteiger partial charge in [-0.25, -0.2) is 0 Å². The lowest BCUT2D eigenvalue weighted by molar-refractivity contribution is 0.200. The molecule has 0 radical (unpaired) electrons. The highest BCUT2D eigenvalue weighted by Crippen LogP contribution is 2.29. The molecule has 2 nitrogen and oxygen atoms in total. The number of benzene rings is 1. The van der Waals surface area contributed by atoms with Crippen molar-refractivity contribution in [2.75, 3.05) is 13.2 Å². The van der Waals surface area contributed by atoms with Gasteiger partial charge in [0.1, 0.15) is 12.4 Å². The minimum Gasteiger partial charge on any atom is -0.491 e. The van der Waals surface area contributed by atoms with Crippen molar-refractivity contribution in [1.82, 2.24) is 0 Å². The molecular weight excluding hydrogens is 232 g/mol. The van der Waals surface area contributed by atoms with Gasteiger partial charge in [-0.2, -0.15) is 0 Å². The molecule has 3 heteroatoms. The molecule has 1 N–H and O–H groups in total. The number of aliphatic hydroxyl groups excluding tert-OH is 1. The van der Waals surface area contributed by atoms with E-state index in [2.05, 4.69) is 15.9 Å². The number of aryl methyl sites for hydroxylation is 1. The summed E-state index contributed by atoms with van der Waals surface area (Å²) in [6, 6.07) is 3.99. The third kappa shape index (κ3) is 2.45. The molecule has 0 aliphatic rings. The van der Waals surface area contributed by atoms with Crippen LogP contribution in [-0.2, 0) is 0 Å². The SMILES string of the molecule is Cc1ccc(Br)c(C)c1OCCO. The fourth-order valence-electron chi connectivity index (χ4n) is 1.17. The zero-order chi connectivity index (χ0) is 9.84. The molecule has 0 fully saturated rings. The molecule has 0 aromatic heterocycles. The van der Waals surface area contributed by atoms with E-state index >= 15 is 0 Å². The lowest BCUT2D eigenvalue weighted by atomic mass is 10.1. The molecule has 0 unspecified atom stereocenters. The van der Waals surface area contributed by atoms with E-state index in [4.69, 9.17) is 9.84 Å². The summed E-state index contributed by atoms with van der Waals surface area (Å²) in [5.74, 6) is 0.864. The van der Waals surface area contributed by atoms with Crippen LogP contribution in [0.5, 0.6) is 5.75 Å². The normalized spacial score (nSPS) is 10.2. The van der Waals surface area contributed by atoms with Crippen LogP contribution >= 0.6 is 15.9 Å². The molecule has 72 valence electrons. The standard InChI is InChI=1S/C10H13BrO2/c1-7-3-4-9(11)8(2)10(7)13-6-5-12/h3-4,12H,5-6H2,1-2H3. The van der Waals surface area contributed by atoms with Crippen LogP contribution in [0.4, 0.5) is 0 Å². The van der Waals surface area contributed by atoms with Gasteiger partial charge in [-0.15, -0.1) is 0 Å². The summed E-state index contributed by atoms with van der Waals surface area (Å²) in [7, 11) is 0. The van der Waals surface area contributed by atoms with E-state index in [0.717, 1.165) is 21.3 Å². The largest absolute Gasteiger partial charge is 0.491 e. The van der Waals surface area contributed by atoms with E-state index in [1.165, 1.54) is 0 Å². The minimum atomic E-state index is 0.0470. The molecule has 0 aliphatic heterocycles. The van der Waals surface area contributed by atoms with E-state index in [1.54, 1.807) is 0 Å². The van der Waals surface area contributed by atoms with Crippen molar-refractivity contribution in [3.63, 3.8) is 0 Å². The van der Waals surface area contributed by atoms with Crippen molar-refractivity contribution in [2.45, 2.75) is 13.8 Å². The van der Waals surface area contributed by atoms with Gasteiger partial charge in [0, 0.05) is 10.0 Å². The van der Waals surface area contributed by atoms with E-state index in [-0.39, 0.29) is 6.61 Å². The zero-order valence-electron chi connectivity index (χ0n) is 7.80. The maximum Gasteiger partial charge on any atom is 0.126 e. The number of aliphatic hydroxyl groups is 1. The first-order valence-electron chi connectivity index (χ1n) is 4.16. The van der Waals surface area contributed by atoms with Gasteiger partial charge >= 0.3 is 0 Å². The highest BCUT2D eigenvalue weighted by molar-refractivity contribution is 9.10. The number of halogens is 1. The molecule has 0 heterocycles. The molecule has 1 aromatic carbocycles. The quantitative estimate of drug-likeness (QED) is 0.886. The van der Waals surface area contributed by atoms with Crippen molar-refractivity contribution in [1.29, 1.82) is 0 Å². The van der Waals surface area contributed by atoms with Gasteiger partial charge in [0.25, 0.3) is 0 Å². The topological polar surface area (TPSA) is 29.5 Å². The van der Waals surface area contributed by atoms with Gasteiger partial charge in [-0.3, -0.25) is 0 Å². The van der Waals surface area contributed by atoms with Crippen LogP contribution in [0.15, 0.2) is 16.6 Å². The predicted octanol–water partition coefficient (Wildman–Crippen LogP) is 2.44. The fourth-order valence-corrected chi connectivity index (χ4v) is 1.49. The van der Waals surface area contributed by atoms with Gasteiger partial charge < -0.3 is 9.84 Å². The Labute approximate surface area is 86.7 Å². The number of rotatable bonds is 3. The molecule has 0 spiro atoms. The second-order valence-corrected chi connectivity index (χ2v) is 3.74. The summed E-state index contributed by atoms with van der Waals surface area (Å²) in [6.07, 6.45) is 0. The monoisotopic (exact) mass is 244 g/mol. The molecule has 0 amide bonds. The van der Waals surface area contributed by atoms with Crippen LogP contribution in [0.1, 0.15) is 11.1 Å². The fraction of sp³-hybridized carbons (Fsp3) is 0.400. The molecule has 0 atom stereocenters. The summed E-state index contributed by atoms with van der Waals surface area (Å²) < 4.78 is 6.45. The number of hydrogen-bond acceptors (Lipinski definition) is 2. The number of ether oxygens (including phenoxy) is 1. The Morgan fingerprint density at radius 1 is 1.38 bits per heavy atom. The van der Waals surface area contributed by atoms with Gasteiger partial charge in [0.05, 0.1) is 6.61 Å². The first-order chi connectivity index (χ1) is 6.16. The Morgan fingerprint density at radius 2 is 2.08 bits per heavy atom. The van der Waals surface area contributed by atoms with Crippen LogP contribution in [0.3, 0.4) is 0 Å². The second-order valence-electron chi connectivity index (χ2n) is 2.89. The summed E-state index contributed by atoms with van der Waals surface area (Å²) in [5, 5.41) is 8.64. The van der Waals surface area contributed by atoms with E-state index in [1.807, 2.05) is 26.0 Å². The van der Waals surface area contributed by atoms with Crippen molar-refractivity contribution in [2.24, 2.45) is 0 Å².